The van der Waals surface area contributed by atoms with E-state index in [1.807, 2.05) is 13.8 Å². The van der Waals surface area contributed by atoms with Crippen LogP contribution >= 0.6 is 15.9 Å². The standard InChI is InChI=1S/C7H13BrO2.C2H6/c1-2-3-4-6(5-8)7(9)10;1-2/h6H,2-5H2,1H3,(H,9,10);1-2H3. The monoisotopic (exact) mass is 238 g/mol. The highest BCUT2D eigenvalue weighted by atomic mass is 79.9. The summed E-state index contributed by atoms with van der Waals surface area (Å²) in [6.45, 7) is 6.06. The summed E-state index contributed by atoms with van der Waals surface area (Å²) in [4.78, 5) is 10.4. The van der Waals surface area contributed by atoms with Crippen LogP contribution in [0.5, 0.6) is 0 Å². The Morgan fingerprint density at radius 1 is 1.50 bits per heavy atom. The molecule has 0 amide bonds. The molecule has 0 aromatic rings. The molecule has 12 heavy (non-hydrogen) atoms. The van der Waals surface area contributed by atoms with Crippen molar-refractivity contribution in [2.75, 3.05) is 5.33 Å². The zero-order valence-corrected chi connectivity index (χ0v) is 9.73. The minimum atomic E-state index is -0.690. The summed E-state index contributed by atoms with van der Waals surface area (Å²) in [7, 11) is 0. The number of alkyl halides is 1. The van der Waals surface area contributed by atoms with Crippen molar-refractivity contribution in [1.82, 2.24) is 0 Å². The van der Waals surface area contributed by atoms with Gasteiger partial charge in [0.2, 0.25) is 0 Å². The molecule has 1 atom stereocenters. The number of hydrogen-bond acceptors (Lipinski definition) is 1. The first-order valence-electron chi connectivity index (χ1n) is 4.51. The van der Waals surface area contributed by atoms with E-state index in [2.05, 4.69) is 22.9 Å². The largest absolute Gasteiger partial charge is 0.481 e. The average Bonchev–Trinajstić information content (AvgIpc) is 2.09. The van der Waals surface area contributed by atoms with Gasteiger partial charge < -0.3 is 5.11 Å². The maximum Gasteiger partial charge on any atom is 0.307 e. The van der Waals surface area contributed by atoms with E-state index >= 15 is 0 Å². The smallest absolute Gasteiger partial charge is 0.307 e. The second kappa shape index (κ2) is 11.0. The van der Waals surface area contributed by atoms with E-state index in [-0.39, 0.29) is 5.92 Å². The molecule has 0 aliphatic rings. The fourth-order valence-corrected chi connectivity index (χ4v) is 1.32. The van der Waals surface area contributed by atoms with Crippen molar-refractivity contribution >= 4 is 21.9 Å². The SMILES string of the molecule is CC.CCCCC(CBr)C(=O)O. The van der Waals surface area contributed by atoms with Crippen LogP contribution in [0.15, 0.2) is 0 Å². The van der Waals surface area contributed by atoms with Gasteiger partial charge in [-0.3, -0.25) is 4.79 Å². The van der Waals surface area contributed by atoms with Crippen molar-refractivity contribution in [3.63, 3.8) is 0 Å². The highest BCUT2D eigenvalue weighted by Gasteiger charge is 2.13. The van der Waals surface area contributed by atoms with E-state index in [9.17, 15) is 4.79 Å². The van der Waals surface area contributed by atoms with Crippen molar-refractivity contribution in [2.24, 2.45) is 5.92 Å². The third kappa shape index (κ3) is 8.05. The predicted octanol–water partition coefficient (Wildman–Crippen LogP) is 3.30. The van der Waals surface area contributed by atoms with Gasteiger partial charge in [0, 0.05) is 5.33 Å². The highest BCUT2D eigenvalue weighted by Crippen LogP contribution is 2.10. The van der Waals surface area contributed by atoms with Crippen LogP contribution in [-0.2, 0) is 4.79 Å². The van der Waals surface area contributed by atoms with E-state index in [0.717, 1.165) is 19.3 Å². The zero-order chi connectivity index (χ0) is 9.98. The fourth-order valence-electron chi connectivity index (χ4n) is 0.717. The number of carbonyl (C=O) groups is 1. The summed E-state index contributed by atoms with van der Waals surface area (Å²) < 4.78 is 0. The summed E-state index contributed by atoms with van der Waals surface area (Å²) in [5, 5.41) is 9.14. The molecular formula is C9H19BrO2. The molecule has 2 nitrogen and oxygen atoms in total. The Morgan fingerprint density at radius 3 is 2.25 bits per heavy atom. The quantitative estimate of drug-likeness (QED) is 0.747. The Kier molecular flexibility index (Phi) is 13.2. The third-order valence-electron chi connectivity index (χ3n) is 1.44. The first-order valence-corrected chi connectivity index (χ1v) is 5.63. The van der Waals surface area contributed by atoms with Crippen molar-refractivity contribution in [3.05, 3.63) is 0 Å². The number of unbranched alkanes of at least 4 members (excludes halogenated alkanes) is 1. The Hall–Kier alpha value is -0.0500. The lowest BCUT2D eigenvalue weighted by atomic mass is 10.1. The molecule has 0 heterocycles. The highest BCUT2D eigenvalue weighted by molar-refractivity contribution is 9.09. The minimum Gasteiger partial charge on any atom is -0.481 e. The van der Waals surface area contributed by atoms with Crippen LogP contribution < -0.4 is 0 Å². The Labute approximate surface area is 83.5 Å². The Balaban J connectivity index is 0. The van der Waals surface area contributed by atoms with Crippen LogP contribution in [0.25, 0.3) is 0 Å². The van der Waals surface area contributed by atoms with Gasteiger partial charge in [-0.05, 0) is 6.42 Å². The molecule has 1 N–H and O–H groups in total. The summed E-state index contributed by atoms with van der Waals surface area (Å²) in [5.41, 5.74) is 0. The maximum atomic E-state index is 10.4. The van der Waals surface area contributed by atoms with E-state index in [0.29, 0.717) is 5.33 Å². The Morgan fingerprint density at radius 2 is 2.00 bits per heavy atom. The molecule has 0 aliphatic carbocycles. The molecule has 0 aromatic heterocycles. The molecular weight excluding hydrogens is 220 g/mol. The van der Waals surface area contributed by atoms with Crippen molar-refractivity contribution in [1.29, 1.82) is 0 Å². The molecule has 0 bridgehead atoms. The molecule has 0 saturated heterocycles. The average molecular weight is 239 g/mol. The Bertz CT molecular complexity index is 105. The second-order valence-electron chi connectivity index (χ2n) is 2.33. The third-order valence-corrected chi connectivity index (χ3v) is 2.22. The normalized spacial score (nSPS) is 11.3. The van der Waals surface area contributed by atoms with Gasteiger partial charge in [-0.2, -0.15) is 0 Å². The lowest BCUT2D eigenvalue weighted by Crippen LogP contribution is -2.14. The minimum absolute atomic E-state index is 0.194. The predicted molar refractivity (Wildman–Crippen MR) is 55.8 cm³/mol. The van der Waals surface area contributed by atoms with Gasteiger partial charge in [0.05, 0.1) is 5.92 Å². The van der Waals surface area contributed by atoms with Crippen LogP contribution in [0.1, 0.15) is 40.0 Å². The topological polar surface area (TPSA) is 37.3 Å². The molecule has 74 valence electrons. The first-order chi connectivity index (χ1) is 5.72. The van der Waals surface area contributed by atoms with Crippen LogP contribution in [0.2, 0.25) is 0 Å². The van der Waals surface area contributed by atoms with E-state index in [1.165, 1.54) is 0 Å². The van der Waals surface area contributed by atoms with E-state index in [4.69, 9.17) is 5.11 Å². The number of carboxylic acids is 1. The van der Waals surface area contributed by atoms with Crippen LogP contribution in [0.4, 0.5) is 0 Å². The summed E-state index contributed by atoms with van der Waals surface area (Å²) in [6, 6.07) is 0. The molecule has 0 fully saturated rings. The van der Waals surface area contributed by atoms with Gasteiger partial charge in [0.1, 0.15) is 0 Å². The molecule has 0 rings (SSSR count). The van der Waals surface area contributed by atoms with Gasteiger partial charge in [0.15, 0.2) is 0 Å². The van der Waals surface area contributed by atoms with Crippen molar-refractivity contribution in [2.45, 2.75) is 40.0 Å². The number of carboxylic acid groups (broad SMARTS) is 1. The molecule has 1 unspecified atom stereocenters. The van der Waals surface area contributed by atoms with Crippen molar-refractivity contribution < 1.29 is 9.90 Å². The fraction of sp³-hybridized carbons (Fsp3) is 0.889. The van der Waals surface area contributed by atoms with Gasteiger partial charge in [-0.25, -0.2) is 0 Å². The van der Waals surface area contributed by atoms with Gasteiger partial charge in [-0.15, -0.1) is 0 Å². The van der Waals surface area contributed by atoms with E-state index < -0.39 is 5.97 Å². The molecule has 0 saturated carbocycles. The van der Waals surface area contributed by atoms with Crippen LogP contribution in [0, 0.1) is 5.92 Å². The molecule has 0 aromatic carbocycles. The van der Waals surface area contributed by atoms with Gasteiger partial charge in [0.25, 0.3) is 0 Å². The summed E-state index contributed by atoms with van der Waals surface area (Å²) >= 11 is 3.17. The number of rotatable bonds is 5. The molecule has 3 heteroatoms. The number of halogens is 1. The van der Waals surface area contributed by atoms with Crippen LogP contribution in [0.3, 0.4) is 0 Å². The lowest BCUT2D eigenvalue weighted by molar-refractivity contribution is -0.141. The maximum absolute atomic E-state index is 10.4. The molecule has 0 aliphatic heterocycles. The van der Waals surface area contributed by atoms with E-state index in [1.54, 1.807) is 0 Å². The lowest BCUT2D eigenvalue weighted by Gasteiger charge is -2.05. The van der Waals surface area contributed by atoms with Gasteiger partial charge in [-0.1, -0.05) is 49.5 Å². The van der Waals surface area contributed by atoms with Crippen molar-refractivity contribution in [3.8, 4) is 0 Å². The number of hydrogen-bond donors (Lipinski definition) is 1. The van der Waals surface area contributed by atoms with Gasteiger partial charge >= 0.3 is 5.97 Å². The number of aliphatic carboxylic acids is 1. The molecule has 0 radical (unpaired) electrons. The summed E-state index contributed by atoms with van der Waals surface area (Å²) in [6.07, 6.45) is 2.86. The molecule has 0 spiro atoms. The second-order valence-corrected chi connectivity index (χ2v) is 2.98. The van der Waals surface area contributed by atoms with Crippen LogP contribution in [-0.4, -0.2) is 16.4 Å². The summed E-state index contributed by atoms with van der Waals surface area (Å²) in [5.74, 6) is -0.884. The zero-order valence-electron chi connectivity index (χ0n) is 8.14. The first kappa shape index (κ1) is 14.5.